The lowest BCUT2D eigenvalue weighted by atomic mass is 10.0. The number of hydrogen-bond donors (Lipinski definition) is 0. The van der Waals surface area contributed by atoms with Gasteiger partial charge < -0.3 is 14.5 Å². The maximum atomic E-state index is 13.2. The van der Waals surface area contributed by atoms with Crippen LogP contribution in [0.3, 0.4) is 0 Å². The molecule has 4 nitrogen and oxygen atoms in total. The minimum atomic E-state index is -0.245. The molecule has 0 N–H and O–H groups in total. The number of carbonyl (C=O) groups excluding carboxylic acids is 1. The number of nitrogens with zero attached hydrogens (tertiary/aromatic N) is 2. The Hall–Kier alpha value is -1.62. The highest BCUT2D eigenvalue weighted by Gasteiger charge is 2.40. The molecular formula is C21H29FN2O2. The SMILES string of the molecule is CN1[C@@H]2CC[C@H]1CC(OC(=O)N(Cc1ccc(F)cc1)C1CCCC1)C2. The van der Waals surface area contributed by atoms with Crippen LogP contribution < -0.4 is 0 Å². The fraction of sp³-hybridized carbons (Fsp3) is 0.667. The predicted molar refractivity (Wildman–Crippen MR) is 98.3 cm³/mol. The lowest BCUT2D eigenvalue weighted by Gasteiger charge is -2.37. The van der Waals surface area contributed by atoms with Crippen molar-refractivity contribution in [1.29, 1.82) is 0 Å². The fourth-order valence-corrected chi connectivity index (χ4v) is 5.01. The van der Waals surface area contributed by atoms with E-state index < -0.39 is 0 Å². The molecule has 0 aromatic heterocycles. The Morgan fingerprint density at radius 1 is 1.12 bits per heavy atom. The van der Waals surface area contributed by atoms with Gasteiger partial charge in [-0.25, -0.2) is 9.18 Å². The summed E-state index contributed by atoms with van der Waals surface area (Å²) in [5.74, 6) is -0.245. The molecule has 3 atom stereocenters. The summed E-state index contributed by atoms with van der Waals surface area (Å²) >= 11 is 0. The van der Waals surface area contributed by atoms with Gasteiger partial charge in [0.05, 0.1) is 0 Å². The highest BCUT2D eigenvalue weighted by atomic mass is 19.1. The van der Waals surface area contributed by atoms with Crippen LogP contribution in [0.25, 0.3) is 0 Å². The minimum Gasteiger partial charge on any atom is -0.446 e. The first-order valence-electron chi connectivity index (χ1n) is 10.0. The highest BCUT2D eigenvalue weighted by Crippen LogP contribution is 2.36. The highest BCUT2D eigenvalue weighted by molar-refractivity contribution is 5.68. The van der Waals surface area contributed by atoms with Crippen LogP contribution in [-0.2, 0) is 11.3 Å². The standard InChI is InChI=1S/C21H29FN2O2/c1-23-18-10-11-19(23)13-20(12-18)26-21(25)24(17-4-2-3-5-17)14-15-6-8-16(22)9-7-15/h6-9,17-20H,2-5,10-14H2,1H3/t18-,19+,20?. The van der Waals surface area contributed by atoms with E-state index in [1.807, 2.05) is 4.90 Å². The maximum absolute atomic E-state index is 13.2. The van der Waals surface area contributed by atoms with Gasteiger partial charge in [0.25, 0.3) is 0 Å². The molecule has 142 valence electrons. The van der Waals surface area contributed by atoms with Gasteiger partial charge in [0.1, 0.15) is 11.9 Å². The Morgan fingerprint density at radius 2 is 1.73 bits per heavy atom. The molecule has 1 unspecified atom stereocenters. The summed E-state index contributed by atoms with van der Waals surface area (Å²) in [6.07, 6.45) is 8.59. The van der Waals surface area contributed by atoms with Gasteiger partial charge in [-0.15, -0.1) is 0 Å². The van der Waals surface area contributed by atoms with E-state index in [2.05, 4.69) is 11.9 Å². The van der Waals surface area contributed by atoms with Gasteiger partial charge in [-0.2, -0.15) is 0 Å². The average Bonchev–Trinajstić information content (AvgIpc) is 3.21. The van der Waals surface area contributed by atoms with E-state index >= 15 is 0 Å². The lowest BCUT2D eigenvalue weighted by molar-refractivity contribution is 0.00359. The molecule has 1 saturated carbocycles. The molecular weight excluding hydrogens is 331 g/mol. The third kappa shape index (κ3) is 3.73. The first-order valence-corrected chi connectivity index (χ1v) is 10.0. The van der Waals surface area contributed by atoms with E-state index in [1.54, 1.807) is 12.1 Å². The predicted octanol–water partition coefficient (Wildman–Crippen LogP) is 4.33. The first-order chi connectivity index (χ1) is 12.6. The van der Waals surface area contributed by atoms with Crippen LogP contribution in [0.2, 0.25) is 0 Å². The molecule has 2 saturated heterocycles. The summed E-state index contributed by atoms with van der Waals surface area (Å²) in [7, 11) is 2.19. The number of piperidine rings is 1. The molecule has 2 heterocycles. The van der Waals surface area contributed by atoms with Crippen LogP contribution in [0, 0.1) is 5.82 Å². The van der Waals surface area contributed by atoms with Crippen molar-refractivity contribution >= 4 is 6.09 Å². The third-order valence-electron chi connectivity index (χ3n) is 6.59. The van der Waals surface area contributed by atoms with E-state index in [9.17, 15) is 9.18 Å². The molecule has 1 aliphatic carbocycles. The summed E-state index contributed by atoms with van der Waals surface area (Å²) in [4.78, 5) is 17.3. The summed E-state index contributed by atoms with van der Waals surface area (Å²) < 4.78 is 19.2. The second-order valence-corrected chi connectivity index (χ2v) is 8.22. The van der Waals surface area contributed by atoms with Crippen molar-refractivity contribution in [2.45, 2.75) is 82.1 Å². The molecule has 3 aliphatic rings. The summed E-state index contributed by atoms with van der Waals surface area (Å²) in [6, 6.07) is 7.81. The van der Waals surface area contributed by atoms with Gasteiger partial charge in [-0.1, -0.05) is 25.0 Å². The van der Waals surface area contributed by atoms with Crippen LogP contribution >= 0.6 is 0 Å². The molecule has 2 bridgehead atoms. The molecule has 1 aromatic carbocycles. The molecule has 4 rings (SSSR count). The van der Waals surface area contributed by atoms with Gasteiger partial charge in [0, 0.05) is 37.5 Å². The zero-order valence-electron chi connectivity index (χ0n) is 15.6. The van der Waals surface area contributed by atoms with Gasteiger partial charge >= 0.3 is 6.09 Å². The number of ether oxygens (including phenoxy) is 1. The van der Waals surface area contributed by atoms with Gasteiger partial charge in [0.15, 0.2) is 0 Å². The van der Waals surface area contributed by atoms with Crippen LogP contribution in [0.4, 0.5) is 9.18 Å². The van der Waals surface area contributed by atoms with E-state index in [4.69, 9.17) is 4.74 Å². The van der Waals surface area contributed by atoms with E-state index in [0.29, 0.717) is 18.6 Å². The third-order valence-corrected chi connectivity index (χ3v) is 6.59. The van der Waals surface area contributed by atoms with Crippen molar-refractivity contribution in [3.05, 3.63) is 35.6 Å². The Morgan fingerprint density at radius 3 is 2.35 bits per heavy atom. The van der Waals surface area contributed by atoms with Crippen LogP contribution in [0.5, 0.6) is 0 Å². The Balaban J connectivity index is 1.43. The van der Waals surface area contributed by atoms with Crippen LogP contribution in [0.15, 0.2) is 24.3 Å². The van der Waals surface area contributed by atoms with E-state index in [-0.39, 0.29) is 24.1 Å². The molecule has 0 radical (unpaired) electrons. The number of fused-ring (bicyclic) bond motifs is 2. The molecule has 2 aliphatic heterocycles. The molecule has 5 heteroatoms. The summed E-state index contributed by atoms with van der Waals surface area (Å²) in [6.45, 7) is 0.503. The van der Waals surface area contributed by atoms with E-state index in [0.717, 1.165) is 44.1 Å². The van der Waals surface area contributed by atoms with Crippen molar-refractivity contribution < 1.29 is 13.9 Å². The number of hydrogen-bond acceptors (Lipinski definition) is 3. The van der Waals surface area contributed by atoms with Gasteiger partial charge in [-0.3, -0.25) is 0 Å². The molecule has 0 spiro atoms. The van der Waals surface area contributed by atoms with Crippen molar-refractivity contribution in [3.8, 4) is 0 Å². The Labute approximate surface area is 155 Å². The van der Waals surface area contributed by atoms with Crippen LogP contribution in [-0.4, -0.2) is 47.2 Å². The van der Waals surface area contributed by atoms with Crippen molar-refractivity contribution in [2.24, 2.45) is 0 Å². The number of benzene rings is 1. The monoisotopic (exact) mass is 360 g/mol. The Bertz CT molecular complexity index is 615. The average molecular weight is 360 g/mol. The molecule has 3 fully saturated rings. The topological polar surface area (TPSA) is 32.8 Å². The fourth-order valence-electron chi connectivity index (χ4n) is 5.01. The zero-order valence-corrected chi connectivity index (χ0v) is 15.6. The van der Waals surface area contributed by atoms with Crippen molar-refractivity contribution in [1.82, 2.24) is 9.80 Å². The van der Waals surface area contributed by atoms with E-state index in [1.165, 1.54) is 25.0 Å². The largest absolute Gasteiger partial charge is 0.446 e. The van der Waals surface area contributed by atoms with Crippen LogP contribution in [0.1, 0.15) is 56.9 Å². The minimum absolute atomic E-state index is 0.0355. The zero-order chi connectivity index (χ0) is 18.1. The number of carbonyl (C=O) groups is 1. The molecule has 26 heavy (non-hydrogen) atoms. The number of halogens is 1. The first kappa shape index (κ1) is 17.8. The van der Waals surface area contributed by atoms with Gasteiger partial charge in [0.2, 0.25) is 0 Å². The second kappa shape index (κ2) is 7.55. The van der Waals surface area contributed by atoms with Gasteiger partial charge in [-0.05, 0) is 50.4 Å². The summed E-state index contributed by atoms with van der Waals surface area (Å²) in [5, 5.41) is 0. The van der Waals surface area contributed by atoms with Crippen molar-refractivity contribution in [2.75, 3.05) is 7.05 Å². The molecule has 1 amide bonds. The second-order valence-electron chi connectivity index (χ2n) is 8.22. The maximum Gasteiger partial charge on any atom is 0.410 e. The number of amides is 1. The quantitative estimate of drug-likeness (QED) is 0.801. The molecule has 1 aromatic rings. The Kier molecular flexibility index (Phi) is 5.16. The smallest absolute Gasteiger partial charge is 0.410 e. The van der Waals surface area contributed by atoms with Crippen molar-refractivity contribution in [3.63, 3.8) is 0 Å². The summed E-state index contributed by atoms with van der Waals surface area (Å²) in [5.41, 5.74) is 0.957. The number of rotatable bonds is 4. The lowest BCUT2D eigenvalue weighted by Crippen LogP contribution is -2.46. The normalized spacial score (nSPS) is 29.1.